The van der Waals surface area contributed by atoms with Crippen molar-refractivity contribution in [2.45, 2.75) is 24.4 Å². The maximum atomic E-state index is 11.5. The van der Waals surface area contributed by atoms with Gasteiger partial charge in [0.2, 0.25) is 0 Å². The van der Waals surface area contributed by atoms with Gasteiger partial charge in [-0.25, -0.2) is 8.42 Å². The van der Waals surface area contributed by atoms with Gasteiger partial charge < -0.3 is 15.4 Å². The Labute approximate surface area is 185 Å². The predicted molar refractivity (Wildman–Crippen MR) is 124 cm³/mol. The number of guanidine groups is 1. The van der Waals surface area contributed by atoms with Crippen LogP contribution in [0, 0.1) is 0 Å². The van der Waals surface area contributed by atoms with Crippen molar-refractivity contribution in [2.75, 3.05) is 46.2 Å². The lowest BCUT2D eigenvalue weighted by atomic mass is 10.1. The van der Waals surface area contributed by atoms with Gasteiger partial charge in [0, 0.05) is 46.0 Å². The topological polar surface area (TPSA) is 83.0 Å². The third-order valence-electron chi connectivity index (χ3n) is 5.27. The molecule has 0 radical (unpaired) electrons. The van der Waals surface area contributed by atoms with Crippen LogP contribution < -0.4 is 10.6 Å². The summed E-state index contributed by atoms with van der Waals surface area (Å²) in [6.45, 7) is 5.99. The van der Waals surface area contributed by atoms with Gasteiger partial charge in [0.05, 0.1) is 18.1 Å². The molecule has 0 spiro atoms. The van der Waals surface area contributed by atoms with E-state index in [2.05, 4.69) is 44.8 Å². The molecule has 0 bridgehead atoms. The van der Waals surface area contributed by atoms with Crippen LogP contribution in [0.15, 0.2) is 58.4 Å². The van der Waals surface area contributed by atoms with Crippen molar-refractivity contribution in [1.82, 2.24) is 15.5 Å². The Morgan fingerprint density at radius 1 is 0.968 bits per heavy atom. The Balaban J connectivity index is 1.40. The van der Waals surface area contributed by atoms with Crippen LogP contribution in [0.25, 0.3) is 0 Å². The lowest BCUT2D eigenvalue weighted by Gasteiger charge is -2.26. The van der Waals surface area contributed by atoms with Gasteiger partial charge in [-0.1, -0.05) is 36.4 Å². The first-order valence-corrected chi connectivity index (χ1v) is 12.4. The largest absolute Gasteiger partial charge is 0.379 e. The maximum absolute atomic E-state index is 11.5. The van der Waals surface area contributed by atoms with Gasteiger partial charge >= 0.3 is 0 Å². The molecule has 1 aliphatic rings. The molecule has 1 aliphatic heterocycles. The normalized spacial score (nSPS) is 15.6. The molecule has 2 N–H and O–H groups in total. The first kappa shape index (κ1) is 23.2. The highest BCUT2D eigenvalue weighted by Gasteiger charge is 2.10. The number of benzene rings is 2. The Bertz CT molecular complexity index is 951. The molecule has 1 heterocycles. The summed E-state index contributed by atoms with van der Waals surface area (Å²) in [7, 11) is -1.40. The second kappa shape index (κ2) is 11.3. The van der Waals surface area contributed by atoms with E-state index in [-0.39, 0.29) is 0 Å². The third kappa shape index (κ3) is 7.65. The summed E-state index contributed by atoms with van der Waals surface area (Å²) in [5, 5.41) is 6.64. The maximum Gasteiger partial charge on any atom is 0.191 e. The second-order valence-electron chi connectivity index (χ2n) is 7.72. The van der Waals surface area contributed by atoms with E-state index in [1.807, 2.05) is 12.1 Å². The van der Waals surface area contributed by atoms with E-state index >= 15 is 0 Å². The molecule has 0 aliphatic carbocycles. The Morgan fingerprint density at radius 2 is 1.58 bits per heavy atom. The van der Waals surface area contributed by atoms with Gasteiger partial charge in [-0.05, 0) is 35.2 Å². The fourth-order valence-corrected chi connectivity index (χ4v) is 4.05. The number of hydrogen-bond acceptors (Lipinski definition) is 5. The van der Waals surface area contributed by atoms with Crippen LogP contribution in [0.1, 0.15) is 16.7 Å². The van der Waals surface area contributed by atoms with Gasteiger partial charge in [0.1, 0.15) is 0 Å². The summed E-state index contributed by atoms with van der Waals surface area (Å²) >= 11 is 0. The van der Waals surface area contributed by atoms with Crippen molar-refractivity contribution in [3.8, 4) is 0 Å². The molecule has 0 atom stereocenters. The lowest BCUT2D eigenvalue weighted by Crippen LogP contribution is -2.37. The number of nitrogens with one attached hydrogen (secondary N) is 2. The van der Waals surface area contributed by atoms with Gasteiger partial charge in [0.15, 0.2) is 15.8 Å². The lowest BCUT2D eigenvalue weighted by molar-refractivity contribution is 0.0342. The number of rotatable bonds is 8. The first-order chi connectivity index (χ1) is 14.9. The van der Waals surface area contributed by atoms with E-state index in [0.29, 0.717) is 18.0 Å². The molecular formula is C23H32N4O3S. The van der Waals surface area contributed by atoms with Crippen molar-refractivity contribution in [3.63, 3.8) is 0 Å². The van der Waals surface area contributed by atoms with Crippen LogP contribution in [0.2, 0.25) is 0 Å². The minimum atomic E-state index is -3.15. The van der Waals surface area contributed by atoms with E-state index in [0.717, 1.165) is 50.8 Å². The van der Waals surface area contributed by atoms with Gasteiger partial charge in [0.25, 0.3) is 0 Å². The van der Waals surface area contributed by atoms with Crippen molar-refractivity contribution < 1.29 is 13.2 Å². The molecule has 3 rings (SSSR count). The molecule has 0 aromatic heterocycles. The molecule has 1 saturated heterocycles. The number of aliphatic imine (C=N–C) groups is 1. The van der Waals surface area contributed by atoms with Crippen LogP contribution >= 0.6 is 0 Å². The summed E-state index contributed by atoms with van der Waals surface area (Å²) < 4.78 is 28.5. The quantitative estimate of drug-likeness (QED) is 0.478. The number of hydrogen-bond donors (Lipinski definition) is 2. The monoisotopic (exact) mass is 444 g/mol. The fraction of sp³-hybridized carbons (Fsp3) is 0.435. The van der Waals surface area contributed by atoms with Crippen LogP contribution in [0.3, 0.4) is 0 Å². The molecule has 168 valence electrons. The van der Waals surface area contributed by atoms with Gasteiger partial charge in [-0.15, -0.1) is 0 Å². The highest BCUT2D eigenvalue weighted by Crippen LogP contribution is 2.11. The zero-order chi connectivity index (χ0) is 22.1. The van der Waals surface area contributed by atoms with Crippen molar-refractivity contribution in [1.29, 1.82) is 0 Å². The smallest absolute Gasteiger partial charge is 0.191 e. The third-order valence-corrected chi connectivity index (χ3v) is 6.40. The molecule has 2 aromatic carbocycles. The summed E-state index contributed by atoms with van der Waals surface area (Å²) in [5.74, 6) is 0.741. The van der Waals surface area contributed by atoms with Crippen molar-refractivity contribution in [2.24, 2.45) is 4.99 Å². The van der Waals surface area contributed by atoms with E-state index in [4.69, 9.17) is 4.74 Å². The van der Waals surface area contributed by atoms with Gasteiger partial charge in [-0.3, -0.25) is 9.89 Å². The van der Waals surface area contributed by atoms with E-state index in [1.54, 1.807) is 19.2 Å². The van der Waals surface area contributed by atoms with Crippen LogP contribution in [-0.2, 0) is 34.1 Å². The van der Waals surface area contributed by atoms with E-state index in [1.165, 1.54) is 17.4 Å². The zero-order valence-corrected chi connectivity index (χ0v) is 19.1. The molecule has 8 heteroatoms. The van der Waals surface area contributed by atoms with Gasteiger partial charge in [-0.2, -0.15) is 0 Å². The second-order valence-corrected chi connectivity index (χ2v) is 9.74. The Morgan fingerprint density at radius 3 is 2.19 bits per heavy atom. The molecule has 1 fully saturated rings. The van der Waals surface area contributed by atoms with Crippen LogP contribution in [0.4, 0.5) is 0 Å². The minimum absolute atomic E-state index is 0.345. The number of nitrogens with zero attached hydrogens (tertiary/aromatic N) is 2. The zero-order valence-electron chi connectivity index (χ0n) is 18.3. The number of morpholine rings is 1. The SMILES string of the molecule is CN=C(NCCc1ccc(S(C)(=O)=O)cc1)NCc1ccc(CN2CCOCC2)cc1. The average molecular weight is 445 g/mol. The molecule has 0 unspecified atom stereocenters. The summed E-state index contributed by atoms with van der Waals surface area (Å²) in [5.41, 5.74) is 3.59. The first-order valence-electron chi connectivity index (χ1n) is 10.6. The summed E-state index contributed by atoms with van der Waals surface area (Å²) in [6, 6.07) is 15.7. The Hall–Kier alpha value is -2.42. The predicted octanol–water partition coefficient (Wildman–Crippen LogP) is 1.83. The summed E-state index contributed by atoms with van der Waals surface area (Å²) in [4.78, 5) is 7.03. The molecule has 0 amide bonds. The van der Waals surface area contributed by atoms with E-state index in [9.17, 15) is 8.42 Å². The molecule has 0 saturated carbocycles. The van der Waals surface area contributed by atoms with Crippen molar-refractivity contribution in [3.05, 3.63) is 65.2 Å². The molecule has 7 nitrogen and oxygen atoms in total. The van der Waals surface area contributed by atoms with E-state index < -0.39 is 9.84 Å². The molecule has 31 heavy (non-hydrogen) atoms. The Kier molecular flexibility index (Phi) is 8.45. The number of ether oxygens (including phenoxy) is 1. The standard InChI is InChI=1S/C23H32N4O3S/c1-24-23(25-12-11-19-7-9-22(10-8-19)31(2,28)29)26-17-20-3-5-21(6-4-20)18-27-13-15-30-16-14-27/h3-10H,11-18H2,1-2H3,(H2,24,25,26). The highest BCUT2D eigenvalue weighted by molar-refractivity contribution is 7.90. The average Bonchev–Trinajstić information content (AvgIpc) is 2.77. The van der Waals surface area contributed by atoms with Crippen molar-refractivity contribution >= 4 is 15.8 Å². The molecular weight excluding hydrogens is 412 g/mol. The summed E-state index contributed by atoms with van der Waals surface area (Å²) in [6.07, 6.45) is 2.00. The molecule has 2 aromatic rings. The minimum Gasteiger partial charge on any atom is -0.379 e. The van der Waals surface area contributed by atoms with Crippen LogP contribution in [0.5, 0.6) is 0 Å². The fourth-order valence-electron chi connectivity index (χ4n) is 3.41. The highest BCUT2D eigenvalue weighted by atomic mass is 32.2. The van der Waals surface area contributed by atoms with Crippen LogP contribution in [-0.4, -0.2) is 65.4 Å². The number of sulfone groups is 1.